The number of fused-ring (bicyclic) bond motifs is 1. The number of anilines is 1. The van der Waals surface area contributed by atoms with Crippen LogP contribution >= 0.6 is 0 Å². The molecule has 0 radical (unpaired) electrons. The summed E-state index contributed by atoms with van der Waals surface area (Å²) in [4.78, 5) is 25.1. The van der Waals surface area contributed by atoms with Crippen molar-refractivity contribution < 1.29 is 22.8 Å². The number of benzene rings is 1. The second-order valence-corrected chi connectivity index (χ2v) is 11.6. The molecule has 0 unspecified atom stereocenters. The molecule has 10 heteroatoms. The maximum Gasteiger partial charge on any atom is 0.435 e. The summed E-state index contributed by atoms with van der Waals surface area (Å²) in [6, 6.07) is 4.97. The fourth-order valence-electron chi connectivity index (χ4n) is 5.75. The molecule has 200 valence electrons. The molecule has 4 N–H and O–H groups in total. The molecule has 37 heavy (non-hydrogen) atoms. The van der Waals surface area contributed by atoms with Crippen molar-refractivity contribution in [3.8, 4) is 5.69 Å². The normalized spacial score (nSPS) is 23.5. The molecule has 1 heterocycles. The Morgan fingerprint density at radius 3 is 2.49 bits per heavy atom. The minimum absolute atomic E-state index is 0.0269. The number of primary amides is 1. The smallest absolute Gasteiger partial charge is 0.380 e. The molecule has 1 amide bonds. The van der Waals surface area contributed by atoms with E-state index in [9.17, 15) is 22.8 Å². The van der Waals surface area contributed by atoms with Crippen molar-refractivity contribution in [2.75, 3.05) is 11.9 Å². The van der Waals surface area contributed by atoms with E-state index in [1.165, 1.54) is 29.7 Å². The number of nitrogens with zero attached hydrogens (tertiary/aromatic N) is 2. The van der Waals surface area contributed by atoms with Crippen LogP contribution in [0.4, 0.5) is 18.9 Å². The molecular formula is C27H34F3N5O2. The molecule has 2 fully saturated rings. The lowest BCUT2D eigenvalue weighted by Crippen LogP contribution is -2.47. The monoisotopic (exact) mass is 517 g/mol. The van der Waals surface area contributed by atoms with Crippen LogP contribution in [-0.2, 0) is 12.6 Å². The molecule has 0 saturated heterocycles. The van der Waals surface area contributed by atoms with Crippen LogP contribution in [0.25, 0.3) is 5.69 Å². The van der Waals surface area contributed by atoms with Crippen molar-refractivity contribution in [1.29, 1.82) is 0 Å². The van der Waals surface area contributed by atoms with E-state index in [2.05, 4.69) is 15.7 Å². The summed E-state index contributed by atoms with van der Waals surface area (Å²) in [5.41, 5.74) is 4.99. The van der Waals surface area contributed by atoms with Gasteiger partial charge in [0.15, 0.2) is 11.5 Å². The van der Waals surface area contributed by atoms with Gasteiger partial charge in [0.1, 0.15) is 0 Å². The summed E-state index contributed by atoms with van der Waals surface area (Å²) in [7, 11) is 0. The third-order valence-corrected chi connectivity index (χ3v) is 7.80. The summed E-state index contributed by atoms with van der Waals surface area (Å²) in [5, 5.41) is 11.0. The SMILES string of the molecule is CC1(C)CC(=O)c2c(C(F)(F)F)nn(-c3ccc(C(N)=O)c(N[C@H]4CCCC[C@@H]4NCC4CC4)c3)c2C1. The maximum atomic E-state index is 13.9. The first-order valence-corrected chi connectivity index (χ1v) is 13.1. The van der Waals surface area contributed by atoms with Crippen LogP contribution in [0.2, 0.25) is 0 Å². The van der Waals surface area contributed by atoms with Gasteiger partial charge in [-0.2, -0.15) is 18.3 Å². The van der Waals surface area contributed by atoms with Gasteiger partial charge < -0.3 is 16.4 Å². The van der Waals surface area contributed by atoms with Gasteiger partial charge in [0.25, 0.3) is 5.91 Å². The van der Waals surface area contributed by atoms with Gasteiger partial charge in [-0.25, -0.2) is 4.68 Å². The summed E-state index contributed by atoms with van der Waals surface area (Å²) in [6.07, 6.45) is 2.11. The molecule has 1 aromatic carbocycles. The fourth-order valence-corrected chi connectivity index (χ4v) is 5.75. The van der Waals surface area contributed by atoms with Crippen molar-refractivity contribution in [1.82, 2.24) is 15.1 Å². The highest BCUT2D eigenvalue weighted by atomic mass is 19.4. The Morgan fingerprint density at radius 1 is 1.14 bits per heavy atom. The number of hydrogen-bond donors (Lipinski definition) is 3. The number of Topliss-reactive ketones (excluding diaryl/α,β-unsaturated/α-hetero) is 1. The number of ketones is 1. The van der Waals surface area contributed by atoms with Gasteiger partial charge >= 0.3 is 6.18 Å². The summed E-state index contributed by atoms with van der Waals surface area (Å²) < 4.78 is 42.9. The van der Waals surface area contributed by atoms with E-state index in [1.807, 2.05) is 13.8 Å². The number of amides is 1. The number of hydrogen-bond acceptors (Lipinski definition) is 5. The molecule has 3 aliphatic rings. The fraction of sp³-hybridized carbons (Fsp3) is 0.593. The number of nitrogens with two attached hydrogens (primary N) is 1. The first-order chi connectivity index (χ1) is 17.4. The highest BCUT2D eigenvalue weighted by Gasteiger charge is 2.45. The highest BCUT2D eigenvalue weighted by molar-refractivity contribution is 6.00. The van der Waals surface area contributed by atoms with Crippen molar-refractivity contribution in [2.45, 2.75) is 83.5 Å². The van der Waals surface area contributed by atoms with Crippen molar-refractivity contribution >= 4 is 17.4 Å². The van der Waals surface area contributed by atoms with E-state index in [0.717, 1.165) is 38.1 Å². The number of aromatic nitrogens is 2. The number of nitrogens with one attached hydrogen (secondary N) is 2. The summed E-state index contributed by atoms with van der Waals surface area (Å²) in [5.74, 6) is -0.446. The Kier molecular flexibility index (Phi) is 6.58. The van der Waals surface area contributed by atoms with Crippen LogP contribution in [-0.4, -0.2) is 40.1 Å². The highest BCUT2D eigenvalue weighted by Crippen LogP contribution is 2.42. The second-order valence-electron chi connectivity index (χ2n) is 11.6. The lowest BCUT2D eigenvalue weighted by atomic mass is 9.75. The van der Waals surface area contributed by atoms with Crippen molar-refractivity contribution in [3.05, 3.63) is 40.7 Å². The molecule has 2 aromatic rings. The molecule has 2 atom stereocenters. The van der Waals surface area contributed by atoms with E-state index >= 15 is 0 Å². The van der Waals surface area contributed by atoms with Crippen molar-refractivity contribution in [2.24, 2.45) is 17.1 Å². The van der Waals surface area contributed by atoms with E-state index in [-0.39, 0.29) is 41.7 Å². The zero-order valence-corrected chi connectivity index (χ0v) is 21.3. The van der Waals surface area contributed by atoms with Gasteiger partial charge in [-0.15, -0.1) is 0 Å². The first-order valence-electron chi connectivity index (χ1n) is 13.1. The Morgan fingerprint density at radius 2 is 1.84 bits per heavy atom. The quantitative estimate of drug-likeness (QED) is 0.487. The topological polar surface area (TPSA) is 102 Å². The molecule has 5 rings (SSSR count). The average molecular weight is 518 g/mol. The molecule has 0 aliphatic heterocycles. The Hall–Kier alpha value is -2.88. The maximum absolute atomic E-state index is 13.9. The van der Waals surface area contributed by atoms with Gasteiger partial charge in [-0.05, 0) is 68.2 Å². The minimum atomic E-state index is -4.76. The number of carbonyl (C=O) groups excluding carboxylic acids is 2. The molecular weight excluding hydrogens is 483 g/mol. The Bertz CT molecular complexity index is 1220. The number of carbonyl (C=O) groups is 2. The Labute approximate surface area is 214 Å². The minimum Gasteiger partial charge on any atom is -0.380 e. The van der Waals surface area contributed by atoms with Crippen LogP contribution in [0.5, 0.6) is 0 Å². The second kappa shape index (κ2) is 9.45. The predicted octanol–water partition coefficient (Wildman–Crippen LogP) is 4.87. The van der Waals surface area contributed by atoms with Crippen LogP contribution < -0.4 is 16.4 Å². The lowest BCUT2D eigenvalue weighted by Gasteiger charge is -2.34. The van der Waals surface area contributed by atoms with E-state index in [4.69, 9.17) is 5.73 Å². The van der Waals surface area contributed by atoms with Crippen LogP contribution in [0.1, 0.15) is 90.9 Å². The van der Waals surface area contributed by atoms with Crippen LogP contribution in [0.3, 0.4) is 0 Å². The average Bonchev–Trinajstić information content (AvgIpc) is 3.55. The standard InChI is InChI=1S/C27H34F3N5O2/c1-26(2)12-21-23(22(36)13-26)24(27(28,29)30)34-35(21)16-9-10-17(25(31)37)20(11-16)33-19-6-4-3-5-18(19)32-14-15-7-8-15/h9-11,15,18-19,32-33H,3-8,12-14H2,1-2H3,(H2,31,37)/t18-,19-/m0/s1. The largest absolute Gasteiger partial charge is 0.435 e. The summed E-state index contributed by atoms with van der Waals surface area (Å²) in [6.45, 7) is 4.69. The predicted molar refractivity (Wildman–Crippen MR) is 134 cm³/mol. The number of halogens is 3. The lowest BCUT2D eigenvalue weighted by molar-refractivity contribution is -0.141. The van der Waals surface area contributed by atoms with Gasteiger partial charge in [-0.1, -0.05) is 26.7 Å². The van der Waals surface area contributed by atoms with Gasteiger partial charge in [0, 0.05) is 24.2 Å². The number of alkyl halides is 3. The molecule has 7 nitrogen and oxygen atoms in total. The molecule has 0 bridgehead atoms. The van der Waals surface area contributed by atoms with Gasteiger partial charge in [0.05, 0.1) is 22.5 Å². The molecule has 0 spiro atoms. The third-order valence-electron chi connectivity index (χ3n) is 7.80. The molecule has 2 saturated carbocycles. The van der Waals surface area contributed by atoms with E-state index < -0.39 is 29.0 Å². The van der Waals surface area contributed by atoms with E-state index in [1.54, 1.807) is 6.07 Å². The molecule has 3 aliphatic carbocycles. The van der Waals surface area contributed by atoms with Gasteiger partial charge in [-0.3, -0.25) is 9.59 Å². The zero-order chi connectivity index (χ0) is 26.5. The zero-order valence-electron chi connectivity index (χ0n) is 21.3. The van der Waals surface area contributed by atoms with Crippen molar-refractivity contribution in [3.63, 3.8) is 0 Å². The van der Waals surface area contributed by atoms with Crippen LogP contribution in [0.15, 0.2) is 18.2 Å². The number of rotatable bonds is 7. The van der Waals surface area contributed by atoms with Gasteiger partial charge in [0.2, 0.25) is 0 Å². The van der Waals surface area contributed by atoms with E-state index in [0.29, 0.717) is 11.4 Å². The summed E-state index contributed by atoms with van der Waals surface area (Å²) >= 11 is 0. The van der Waals surface area contributed by atoms with Crippen LogP contribution in [0, 0.1) is 11.3 Å². The Balaban J connectivity index is 1.53. The first kappa shape index (κ1) is 25.8. The molecule has 1 aromatic heterocycles. The third kappa shape index (κ3) is 5.39.